The Morgan fingerprint density at radius 2 is 1.77 bits per heavy atom. The first-order valence-electron chi connectivity index (χ1n) is 6.85. The summed E-state index contributed by atoms with van der Waals surface area (Å²) < 4.78 is 23.4. The van der Waals surface area contributed by atoms with Gasteiger partial charge in [-0.05, 0) is 44.4 Å². The third-order valence-corrected chi connectivity index (χ3v) is 5.57. The van der Waals surface area contributed by atoms with E-state index < -0.39 is 38.8 Å². The second-order valence-electron chi connectivity index (χ2n) is 5.54. The van der Waals surface area contributed by atoms with Gasteiger partial charge in [-0.15, -0.1) is 0 Å². The van der Waals surface area contributed by atoms with Crippen LogP contribution in [0.5, 0.6) is 0 Å². The highest BCUT2D eigenvalue weighted by atomic mass is 32.2. The first kappa shape index (κ1) is 18.2. The maximum absolute atomic E-state index is 11.8. The van der Waals surface area contributed by atoms with Crippen LogP contribution in [0.3, 0.4) is 0 Å². The Morgan fingerprint density at radius 1 is 1.18 bits per heavy atom. The van der Waals surface area contributed by atoms with Crippen LogP contribution in [-0.2, 0) is 19.4 Å². The fraction of sp³-hybridized carbons (Fsp3) is 0.467. The van der Waals surface area contributed by atoms with Gasteiger partial charge in [0.1, 0.15) is 5.75 Å². The number of sulfone groups is 1. The SMILES string of the molecule is Cc1ccc(C(NC(=O)CS(=O)(=O)C(C)C)C(=O)O)cc1C. The maximum atomic E-state index is 11.8. The molecule has 1 atom stereocenters. The van der Waals surface area contributed by atoms with Crippen molar-refractivity contribution < 1.29 is 23.1 Å². The first-order chi connectivity index (χ1) is 10.0. The van der Waals surface area contributed by atoms with Crippen molar-refractivity contribution in [2.45, 2.75) is 39.0 Å². The molecule has 122 valence electrons. The highest BCUT2D eigenvalue weighted by Crippen LogP contribution is 2.17. The molecule has 1 amide bonds. The number of hydrogen-bond donors (Lipinski definition) is 2. The van der Waals surface area contributed by atoms with Gasteiger partial charge in [-0.1, -0.05) is 18.2 Å². The molecule has 0 saturated carbocycles. The standard InChI is InChI=1S/C15H21NO5S/c1-9(2)22(20,21)8-13(17)16-14(15(18)19)12-6-5-10(3)11(4)7-12/h5-7,9,14H,8H2,1-4H3,(H,16,17)(H,18,19). The normalized spacial score (nSPS) is 13.0. The van der Waals surface area contributed by atoms with E-state index >= 15 is 0 Å². The average molecular weight is 327 g/mol. The zero-order valence-corrected chi connectivity index (χ0v) is 13.9. The molecule has 7 heteroatoms. The number of amides is 1. The van der Waals surface area contributed by atoms with Gasteiger partial charge in [-0.2, -0.15) is 0 Å². The van der Waals surface area contributed by atoms with Crippen LogP contribution in [0.15, 0.2) is 18.2 Å². The third kappa shape index (κ3) is 4.56. The number of aliphatic carboxylic acids is 1. The average Bonchev–Trinajstić information content (AvgIpc) is 2.38. The van der Waals surface area contributed by atoms with Crippen molar-refractivity contribution in [3.63, 3.8) is 0 Å². The molecule has 0 aliphatic heterocycles. The second-order valence-corrected chi connectivity index (χ2v) is 8.10. The molecule has 1 aromatic rings. The number of nitrogens with one attached hydrogen (secondary N) is 1. The summed E-state index contributed by atoms with van der Waals surface area (Å²) in [6, 6.07) is 3.77. The lowest BCUT2D eigenvalue weighted by atomic mass is 10.0. The van der Waals surface area contributed by atoms with Gasteiger partial charge in [0, 0.05) is 0 Å². The van der Waals surface area contributed by atoms with Gasteiger partial charge in [-0.3, -0.25) is 4.79 Å². The summed E-state index contributed by atoms with van der Waals surface area (Å²) in [5, 5.41) is 10.9. The molecule has 2 N–H and O–H groups in total. The number of carbonyl (C=O) groups is 2. The Labute approximate surface area is 130 Å². The molecule has 0 spiro atoms. The van der Waals surface area contributed by atoms with Crippen LogP contribution in [0.1, 0.15) is 36.6 Å². The molecule has 22 heavy (non-hydrogen) atoms. The summed E-state index contributed by atoms with van der Waals surface area (Å²) in [6.07, 6.45) is 0. The lowest BCUT2D eigenvalue weighted by Crippen LogP contribution is -2.38. The Balaban J connectivity index is 2.96. The van der Waals surface area contributed by atoms with Gasteiger partial charge < -0.3 is 10.4 Å². The monoisotopic (exact) mass is 327 g/mol. The molecule has 1 rings (SSSR count). The zero-order valence-electron chi connectivity index (χ0n) is 13.1. The summed E-state index contributed by atoms with van der Waals surface area (Å²) in [5.41, 5.74) is 2.31. The summed E-state index contributed by atoms with van der Waals surface area (Å²) in [4.78, 5) is 23.2. The van der Waals surface area contributed by atoms with Crippen molar-refractivity contribution >= 4 is 21.7 Å². The molecule has 1 aromatic carbocycles. The number of aryl methyl sites for hydroxylation is 2. The highest BCUT2D eigenvalue weighted by molar-refractivity contribution is 7.92. The zero-order chi connectivity index (χ0) is 17.1. The minimum atomic E-state index is -3.57. The number of rotatable bonds is 6. The molecular formula is C15H21NO5S. The lowest BCUT2D eigenvalue weighted by Gasteiger charge is -2.16. The van der Waals surface area contributed by atoms with Crippen molar-refractivity contribution in [3.8, 4) is 0 Å². The summed E-state index contributed by atoms with van der Waals surface area (Å²) in [6.45, 7) is 6.67. The van der Waals surface area contributed by atoms with E-state index in [2.05, 4.69) is 5.32 Å². The van der Waals surface area contributed by atoms with Crippen LogP contribution >= 0.6 is 0 Å². The minimum Gasteiger partial charge on any atom is -0.479 e. The first-order valence-corrected chi connectivity index (χ1v) is 8.57. The molecule has 0 aliphatic carbocycles. The maximum Gasteiger partial charge on any atom is 0.330 e. The van der Waals surface area contributed by atoms with Crippen molar-refractivity contribution in [3.05, 3.63) is 34.9 Å². The number of carboxylic acids is 1. The van der Waals surface area contributed by atoms with Gasteiger partial charge in [-0.25, -0.2) is 13.2 Å². The lowest BCUT2D eigenvalue weighted by molar-refractivity contribution is -0.141. The van der Waals surface area contributed by atoms with Gasteiger partial charge in [0.15, 0.2) is 15.9 Å². The van der Waals surface area contributed by atoms with Crippen LogP contribution in [0, 0.1) is 13.8 Å². The smallest absolute Gasteiger partial charge is 0.330 e. The summed E-state index contributed by atoms with van der Waals surface area (Å²) in [5.74, 6) is -2.78. The number of carbonyl (C=O) groups excluding carboxylic acids is 1. The molecule has 0 saturated heterocycles. The molecule has 0 radical (unpaired) electrons. The predicted octanol–water partition coefficient (Wildman–Crippen LogP) is 1.37. The molecule has 6 nitrogen and oxygen atoms in total. The highest BCUT2D eigenvalue weighted by Gasteiger charge is 2.26. The van der Waals surface area contributed by atoms with Crippen molar-refractivity contribution in [2.75, 3.05) is 5.75 Å². The van der Waals surface area contributed by atoms with Crippen LogP contribution in [0.25, 0.3) is 0 Å². The number of benzene rings is 1. The van der Waals surface area contributed by atoms with Gasteiger partial charge in [0.05, 0.1) is 5.25 Å². The topological polar surface area (TPSA) is 101 Å². The van der Waals surface area contributed by atoms with Crippen molar-refractivity contribution in [1.29, 1.82) is 0 Å². The number of hydrogen-bond acceptors (Lipinski definition) is 4. The second kappa shape index (κ2) is 6.91. The van der Waals surface area contributed by atoms with E-state index in [1.165, 1.54) is 13.8 Å². The Bertz CT molecular complexity index is 679. The van der Waals surface area contributed by atoms with Gasteiger partial charge in [0.2, 0.25) is 5.91 Å². The number of carboxylic acid groups (broad SMARTS) is 1. The van der Waals surface area contributed by atoms with Crippen molar-refractivity contribution in [2.24, 2.45) is 0 Å². The van der Waals surface area contributed by atoms with Crippen molar-refractivity contribution in [1.82, 2.24) is 5.32 Å². The van der Waals surface area contributed by atoms with E-state index in [0.717, 1.165) is 11.1 Å². The fourth-order valence-electron chi connectivity index (χ4n) is 1.78. The van der Waals surface area contributed by atoms with Crippen LogP contribution in [0.4, 0.5) is 0 Å². The molecule has 0 aliphatic rings. The summed E-state index contributed by atoms with van der Waals surface area (Å²) >= 11 is 0. The molecule has 0 fully saturated rings. The largest absolute Gasteiger partial charge is 0.479 e. The van der Waals surface area contributed by atoms with E-state index in [1.54, 1.807) is 18.2 Å². The minimum absolute atomic E-state index is 0.408. The van der Waals surface area contributed by atoms with E-state index in [-0.39, 0.29) is 0 Å². The quantitative estimate of drug-likeness (QED) is 0.822. The molecule has 0 heterocycles. The molecule has 0 bridgehead atoms. The van der Waals surface area contributed by atoms with E-state index in [0.29, 0.717) is 5.56 Å². The van der Waals surface area contributed by atoms with E-state index in [1.807, 2.05) is 13.8 Å². The summed E-state index contributed by atoms with van der Waals surface area (Å²) in [7, 11) is -3.57. The van der Waals surface area contributed by atoms with E-state index in [9.17, 15) is 23.1 Å². The molecular weight excluding hydrogens is 306 g/mol. The van der Waals surface area contributed by atoms with Crippen LogP contribution in [0.2, 0.25) is 0 Å². The van der Waals surface area contributed by atoms with Gasteiger partial charge in [0.25, 0.3) is 0 Å². The fourth-order valence-corrected chi connectivity index (χ4v) is 2.57. The molecule has 1 unspecified atom stereocenters. The Hall–Kier alpha value is -1.89. The predicted molar refractivity (Wildman–Crippen MR) is 83.4 cm³/mol. The van der Waals surface area contributed by atoms with Crippen LogP contribution in [-0.4, -0.2) is 36.4 Å². The molecule has 0 aromatic heterocycles. The van der Waals surface area contributed by atoms with E-state index in [4.69, 9.17) is 0 Å². The Morgan fingerprint density at radius 3 is 2.23 bits per heavy atom. The van der Waals surface area contributed by atoms with Crippen LogP contribution < -0.4 is 5.32 Å². The third-order valence-electron chi connectivity index (χ3n) is 3.47. The Kier molecular flexibility index (Phi) is 5.71. The van der Waals surface area contributed by atoms with Gasteiger partial charge >= 0.3 is 5.97 Å².